The Morgan fingerprint density at radius 2 is 1.79 bits per heavy atom. The highest BCUT2D eigenvalue weighted by Crippen LogP contribution is 2.31. The van der Waals surface area contributed by atoms with Crippen molar-refractivity contribution < 1.29 is 9.59 Å². The van der Waals surface area contributed by atoms with Gasteiger partial charge in [0.05, 0.1) is 16.0 Å². The van der Waals surface area contributed by atoms with Crippen LogP contribution in [0.3, 0.4) is 0 Å². The highest BCUT2D eigenvalue weighted by Gasteiger charge is 2.25. The number of benzene rings is 2. The highest BCUT2D eigenvalue weighted by atomic mass is 32.1. The number of aryl methyl sites for hydroxylation is 1. The fourth-order valence-corrected chi connectivity index (χ4v) is 3.95. The van der Waals surface area contributed by atoms with Gasteiger partial charge in [-0.25, -0.2) is 0 Å². The SMILES string of the molecule is Cc1cccc(NC(=O)c2c(N)n(C(=O)c3cccs3)c3ccccc23)c1C. The molecule has 4 aromatic rings. The summed E-state index contributed by atoms with van der Waals surface area (Å²) in [6.45, 7) is 3.95. The second kappa shape index (κ2) is 6.98. The van der Waals surface area contributed by atoms with Crippen LogP contribution in [0.2, 0.25) is 0 Å². The lowest BCUT2D eigenvalue weighted by molar-refractivity contribution is 0.0971. The van der Waals surface area contributed by atoms with Crippen molar-refractivity contribution in [3.8, 4) is 0 Å². The van der Waals surface area contributed by atoms with Crippen molar-refractivity contribution in [2.75, 3.05) is 11.1 Å². The second-order valence-electron chi connectivity index (χ2n) is 6.60. The van der Waals surface area contributed by atoms with E-state index in [-0.39, 0.29) is 17.6 Å². The van der Waals surface area contributed by atoms with Crippen molar-refractivity contribution in [3.05, 3.63) is 81.5 Å². The quantitative estimate of drug-likeness (QED) is 0.526. The number of nitrogens with one attached hydrogen (secondary N) is 1. The summed E-state index contributed by atoms with van der Waals surface area (Å²) in [5.74, 6) is -0.433. The first-order valence-electron chi connectivity index (χ1n) is 8.83. The zero-order valence-corrected chi connectivity index (χ0v) is 16.3. The van der Waals surface area contributed by atoms with Crippen LogP contribution < -0.4 is 11.1 Å². The van der Waals surface area contributed by atoms with E-state index in [0.717, 1.165) is 16.8 Å². The molecule has 0 spiro atoms. The lowest BCUT2D eigenvalue weighted by Crippen LogP contribution is -2.17. The van der Waals surface area contributed by atoms with Gasteiger partial charge in [0.1, 0.15) is 5.82 Å². The van der Waals surface area contributed by atoms with Crippen LogP contribution in [0.1, 0.15) is 31.2 Å². The normalized spacial score (nSPS) is 10.9. The molecule has 0 bridgehead atoms. The van der Waals surface area contributed by atoms with Crippen LogP contribution in [-0.4, -0.2) is 16.4 Å². The Hall–Kier alpha value is -3.38. The minimum absolute atomic E-state index is 0.141. The predicted octanol–water partition coefficient (Wildman–Crippen LogP) is 4.84. The van der Waals surface area contributed by atoms with E-state index in [1.165, 1.54) is 15.9 Å². The molecule has 0 aliphatic rings. The molecule has 0 saturated carbocycles. The topological polar surface area (TPSA) is 77.1 Å². The molecule has 3 N–H and O–H groups in total. The third-order valence-corrected chi connectivity index (χ3v) is 5.78. The third kappa shape index (κ3) is 2.88. The molecule has 2 heterocycles. The van der Waals surface area contributed by atoms with Gasteiger partial charge in [-0.2, -0.15) is 0 Å². The molecular weight excluding hydrogens is 370 g/mol. The van der Waals surface area contributed by atoms with Crippen molar-refractivity contribution in [1.82, 2.24) is 4.57 Å². The Bertz CT molecular complexity index is 1210. The lowest BCUT2D eigenvalue weighted by atomic mass is 10.1. The molecule has 0 radical (unpaired) electrons. The average molecular weight is 389 g/mol. The number of nitrogens with zero attached hydrogens (tertiary/aromatic N) is 1. The summed E-state index contributed by atoms with van der Waals surface area (Å²) in [5, 5.41) is 5.43. The number of nitrogens with two attached hydrogens (primary N) is 1. The molecule has 0 atom stereocenters. The van der Waals surface area contributed by atoms with Crippen molar-refractivity contribution >= 4 is 45.6 Å². The molecule has 5 nitrogen and oxygen atoms in total. The first kappa shape index (κ1) is 18.0. The van der Waals surface area contributed by atoms with Gasteiger partial charge in [0.15, 0.2) is 0 Å². The molecule has 4 rings (SSSR count). The van der Waals surface area contributed by atoms with E-state index < -0.39 is 0 Å². The molecule has 0 fully saturated rings. The van der Waals surface area contributed by atoms with E-state index in [9.17, 15) is 9.59 Å². The van der Waals surface area contributed by atoms with Gasteiger partial charge in [0, 0.05) is 11.1 Å². The number of hydrogen-bond acceptors (Lipinski definition) is 4. The van der Waals surface area contributed by atoms with Gasteiger partial charge in [-0.05, 0) is 48.6 Å². The van der Waals surface area contributed by atoms with Gasteiger partial charge in [0.2, 0.25) is 0 Å². The molecule has 2 aromatic carbocycles. The molecule has 0 saturated heterocycles. The Morgan fingerprint density at radius 1 is 1.00 bits per heavy atom. The Morgan fingerprint density at radius 3 is 2.54 bits per heavy atom. The van der Waals surface area contributed by atoms with Gasteiger partial charge in [-0.1, -0.05) is 36.4 Å². The lowest BCUT2D eigenvalue weighted by Gasteiger charge is -2.11. The van der Waals surface area contributed by atoms with Crippen LogP contribution in [0.4, 0.5) is 11.5 Å². The first-order chi connectivity index (χ1) is 13.5. The van der Waals surface area contributed by atoms with Crippen molar-refractivity contribution in [3.63, 3.8) is 0 Å². The number of nitrogen functional groups attached to an aromatic ring is 1. The number of carbonyl (C=O) groups is 2. The van der Waals surface area contributed by atoms with E-state index in [4.69, 9.17) is 5.73 Å². The molecule has 0 aliphatic carbocycles. The maximum Gasteiger partial charge on any atom is 0.274 e. The molecule has 0 unspecified atom stereocenters. The van der Waals surface area contributed by atoms with E-state index in [1.54, 1.807) is 12.1 Å². The number of amides is 1. The summed E-state index contributed by atoms with van der Waals surface area (Å²) in [4.78, 5) is 26.7. The summed E-state index contributed by atoms with van der Waals surface area (Å²) in [6.07, 6.45) is 0. The van der Waals surface area contributed by atoms with Crippen LogP contribution in [-0.2, 0) is 0 Å². The molecule has 2 aromatic heterocycles. The molecule has 1 amide bonds. The minimum Gasteiger partial charge on any atom is -0.384 e. The summed E-state index contributed by atoms with van der Waals surface area (Å²) in [6, 6.07) is 16.6. The number of fused-ring (bicyclic) bond motifs is 1. The van der Waals surface area contributed by atoms with Gasteiger partial charge in [-0.3, -0.25) is 14.2 Å². The fourth-order valence-electron chi connectivity index (χ4n) is 3.30. The number of hydrogen-bond donors (Lipinski definition) is 2. The number of thiophene rings is 1. The maximum atomic E-state index is 13.1. The van der Waals surface area contributed by atoms with Gasteiger partial charge < -0.3 is 11.1 Å². The van der Waals surface area contributed by atoms with E-state index in [1.807, 2.05) is 61.7 Å². The summed E-state index contributed by atoms with van der Waals surface area (Å²) < 4.78 is 1.42. The zero-order valence-electron chi connectivity index (χ0n) is 15.5. The molecule has 6 heteroatoms. The second-order valence-corrected chi connectivity index (χ2v) is 7.54. The van der Waals surface area contributed by atoms with Crippen molar-refractivity contribution in [2.24, 2.45) is 0 Å². The first-order valence-corrected chi connectivity index (χ1v) is 9.71. The van der Waals surface area contributed by atoms with Gasteiger partial charge >= 0.3 is 0 Å². The largest absolute Gasteiger partial charge is 0.384 e. The van der Waals surface area contributed by atoms with Gasteiger partial charge in [0.25, 0.3) is 11.8 Å². The van der Waals surface area contributed by atoms with Crippen molar-refractivity contribution in [1.29, 1.82) is 0 Å². The Balaban J connectivity index is 1.84. The van der Waals surface area contributed by atoms with Crippen molar-refractivity contribution in [2.45, 2.75) is 13.8 Å². The average Bonchev–Trinajstić information content (AvgIpc) is 3.31. The van der Waals surface area contributed by atoms with Crippen LogP contribution >= 0.6 is 11.3 Å². The minimum atomic E-state index is -0.333. The van der Waals surface area contributed by atoms with E-state index in [2.05, 4.69) is 5.32 Å². The molecular formula is C22H19N3O2S. The molecule has 28 heavy (non-hydrogen) atoms. The van der Waals surface area contributed by atoms with Gasteiger partial charge in [-0.15, -0.1) is 11.3 Å². The number of aromatic nitrogens is 1. The highest BCUT2D eigenvalue weighted by molar-refractivity contribution is 7.12. The summed E-state index contributed by atoms with van der Waals surface area (Å²) in [5.41, 5.74) is 10.1. The summed E-state index contributed by atoms with van der Waals surface area (Å²) >= 11 is 1.34. The third-order valence-electron chi connectivity index (χ3n) is 4.93. The van der Waals surface area contributed by atoms with Crippen LogP contribution in [0.5, 0.6) is 0 Å². The predicted molar refractivity (Wildman–Crippen MR) is 114 cm³/mol. The monoisotopic (exact) mass is 389 g/mol. The van der Waals surface area contributed by atoms with Crippen LogP contribution in [0.15, 0.2) is 60.0 Å². The zero-order chi connectivity index (χ0) is 19.8. The fraction of sp³-hybridized carbons (Fsp3) is 0.0909. The number of anilines is 2. The molecule has 140 valence electrons. The number of rotatable bonds is 3. The van der Waals surface area contributed by atoms with Crippen LogP contribution in [0, 0.1) is 13.8 Å². The van der Waals surface area contributed by atoms with E-state index >= 15 is 0 Å². The van der Waals surface area contributed by atoms with Crippen LogP contribution in [0.25, 0.3) is 10.9 Å². The number of carbonyl (C=O) groups excluding carboxylic acids is 2. The molecule has 0 aliphatic heterocycles. The van der Waals surface area contributed by atoms with E-state index in [0.29, 0.717) is 21.3 Å². The standard InChI is InChI=1S/C22H19N3O2S/c1-13-7-5-9-16(14(13)2)24-21(26)19-15-8-3-4-10-17(15)25(20(19)23)22(27)18-11-6-12-28-18/h3-12H,23H2,1-2H3,(H,24,26). The Kier molecular flexibility index (Phi) is 4.49. The maximum absolute atomic E-state index is 13.1. The summed E-state index contributed by atoms with van der Waals surface area (Å²) in [7, 11) is 0. The smallest absolute Gasteiger partial charge is 0.274 e. The Labute approximate surface area is 166 Å². The number of para-hydroxylation sites is 1.